The lowest BCUT2D eigenvalue weighted by atomic mass is 10.1. The standard InChI is InChI=1S/C21H31N3O/c1-17-4-2-12-23(17)13-3-15-25-20-5-6-21-18(16-20)9-14-24(21)19-7-10-22-11-8-19/h5-6,9,14,16-17,19,22H,2-4,7-8,10-13,15H2,1H3/t17-/m1/s1. The van der Waals surface area contributed by atoms with Gasteiger partial charge in [0.05, 0.1) is 6.61 Å². The van der Waals surface area contributed by atoms with Crippen LogP contribution >= 0.6 is 0 Å². The Morgan fingerprint density at radius 1 is 1.16 bits per heavy atom. The second-order valence-electron chi connectivity index (χ2n) is 7.65. The van der Waals surface area contributed by atoms with Crippen molar-refractivity contribution in [2.75, 3.05) is 32.8 Å². The SMILES string of the molecule is C[C@@H]1CCCN1CCCOc1ccc2c(ccn2C2CCNCC2)c1. The van der Waals surface area contributed by atoms with Crippen LogP contribution in [0.2, 0.25) is 0 Å². The average Bonchev–Trinajstić information content (AvgIpc) is 3.25. The second kappa shape index (κ2) is 7.79. The normalized spacial score (nSPS) is 22.7. The highest BCUT2D eigenvalue weighted by Crippen LogP contribution is 2.28. The monoisotopic (exact) mass is 341 g/mol. The number of likely N-dealkylation sites (tertiary alicyclic amines) is 1. The molecule has 2 fully saturated rings. The van der Waals surface area contributed by atoms with Crippen LogP contribution in [0.1, 0.15) is 45.1 Å². The van der Waals surface area contributed by atoms with E-state index in [1.54, 1.807) is 0 Å². The first kappa shape index (κ1) is 16.9. The van der Waals surface area contributed by atoms with Gasteiger partial charge in [-0.25, -0.2) is 0 Å². The van der Waals surface area contributed by atoms with E-state index in [2.05, 4.69) is 52.2 Å². The molecule has 1 N–H and O–H groups in total. The predicted octanol–water partition coefficient (Wildman–Crippen LogP) is 3.82. The Morgan fingerprint density at radius 2 is 2.04 bits per heavy atom. The first-order chi connectivity index (χ1) is 12.3. The second-order valence-corrected chi connectivity index (χ2v) is 7.65. The van der Waals surface area contributed by atoms with Crippen LogP contribution < -0.4 is 10.1 Å². The molecule has 0 unspecified atom stereocenters. The number of nitrogens with one attached hydrogen (secondary N) is 1. The maximum atomic E-state index is 6.02. The topological polar surface area (TPSA) is 29.4 Å². The van der Waals surface area contributed by atoms with Crippen molar-refractivity contribution in [3.8, 4) is 5.75 Å². The van der Waals surface area contributed by atoms with Gasteiger partial charge >= 0.3 is 0 Å². The number of nitrogens with zero attached hydrogens (tertiary/aromatic N) is 2. The third-order valence-corrected chi connectivity index (χ3v) is 5.94. The van der Waals surface area contributed by atoms with Crippen molar-refractivity contribution in [3.63, 3.8) is 0 Å². The van der Waals surface area contributed by atoms with Crippen LogP contribution in [0.15, 0.2) is 30.5 Å². The summed E-state index contributed by atoms with van der Waals surface area (Å²) in [5.41, 5.74) is 1.34. The minimum atomic E-state index is 0.632. The molecule has 0 spiro atoms. The van der Waals surface area contributed by atoms with Crippen LogP contribution in [0.25, 0.3) is 10.9 Å². The van der Waals surface area contributed by atoms with Crippen molar-refractivity contribution in [1.82, 2.24) is 14.8 Å². The lowest BCUT2D eigenvalue weighted by molar-refractivity contribution is 0.230. The zero-order valence-electron chi connectivity index (χ0n) is 15.4. The summed E-state index contributed by atoms with van der Waals surface area (Å²) in [6.07, 6.45) is 8.50. The maximum Gasteiger partial charge on any atom is 0.120 e. The number of piperidine rings is 1. The van der Waals surface area contributed by atoms with E-state index in [0.717, 1.165) is 44.5 Å². The molecule has 2 aliphatic heterocycles. The highest BCUT2D eigenvalue weighted by molar-refractivity contribution is 5.81. The molecular weight excluding hydrogens is 310 g/mol. The molecule has 4 rings (SSSR count). The minimum absolute atomic E-state index is 0.632. The number of fused-ring (bicyclic) bond motifs is 1. The number of hydrogen-bond acceptors (Lipinski definition) is 3. The van der Waals surface area contributed by atoms with Crippen LogP contribution in [-0.4, -0.2) is 48.3 Å². The van der Waals surface area contributed by atoms with Gasteiger partial charge < -0.3 is 19.5 Å². The summed E-state index contributed by atoms with van der Waals surface area (Å²) in [7, 11) is 0. The molecule has 0 amide bonds. The number of benzene rings is 1. The summed E-state index contributed by atoms with van der Waals surface area (Å²) in [5.74, 6) is 1.00. The molecule has 1 aromatic carbocycles. The molecule has 25 heavy (non-hydrogen) atoms. The van der Waals surface area contributed by atoms with Crippen LogP contribution in [0.5, 0.6) is 5.75 Å². The molecule has 2 saturated heterocycles. The summed E-state index contributed by atoms with van der Waals surface area (Å²) < 4.78 is 8.47. The molecule has 2 aliphatic rings. The summed E-state index contributed by atoms with van der Waals surface area (Å²) in [6.45, 7) is 7.83. The summed E-state index contributed by atoms with van der Waals surface area (Å²) in [6, 6.07) is 10.2. The van der Waals surface area contributed by atoms with Crippen molar-refractivity contribution in [3.05, 3.63) is 30.5 Å². The number of hydrogen-bond donors (Lipinski definition) is 1. The Morgan fingerprint density at radius 3 is 2.84 bits per heavy atom. The lowest BCUT2D eigenvalue weighted by Gasteiger charge is -2.25. The van der Waals surface area contributed by atoms with Gasteiger partial charge in [0.2, 0.25) is 0 Å². The zero-order valence-corrected chi connectivity index (χ0v) is 15.4. The Labute approximate surface area is 151 Å². The van der Waals surface area contributed by atoms with Gasteiger partial charge in [-0.15, -0.1) is 0 Å². The van der Waals surface area contributed by atoms with Gasteiger partial charge in [-0.1, -0.05) is 0 Å². The molecule has 4 heteroatoms. The van der Waals surface area contributed by atoms with Gasteiger partial charge in [0.1, 0.15) is 5.75 Å². The highest BCUT2D eigenvalue weighted by atomic mass is 16.5. The van der Waals surface area contributed by atoms with Crippen LogP contribution in [0.4, 0.5) is 0 Å². The lowest BCUT2D eigenvalue weighted by Crippen LogP contribution is -2.29. The Balaban J connectivity index is 1.33. The van der Waals surface area contributed by atoms with Gasteiger partial charge in [-0.2, -0.15) is 0 Å². The fraction of sp³-hybridized carbons (Fsp3) is 0.619. The zero-order chi connectivity index (χ0) is 17.1. The number of ether oxygens (including phenoxy) is 1. The minimum Gasteiger partial charge on any atom is -0.494 e. The highest BCUT2D eigenvalue weighted by Gasteiger charge is 2.19. The van der Waals surface area contributed by atoms with Gasteiger partial charge in [0.25, 0.3) is 0 Å². The third-order valence-electron chi connectivity index (χ3n) is 5.94. The molecule has 0 radical (unpaired) electrons. The Kier molecular flexibility index (Phi) is 5.28. The van der Waals surface area contributed by atoms with Gasteiger partial charge in [0, 0.05) is 35.7 Å². The molecule has 1 aromatic heterocycles. The van der Waals surface area contributed by atoms with Crippen molar-refractivity contribution in [1.29, 1.82) is 0 Å². The van der Waals surface area contributed by atoms with E-state index in [0.29, 0.717) is 6.04 Å². The van der Waals surface area contributed by atoms with E-state index < -0.39 is 0 Å². The first-order valence-corrected chi connectivity index (χ1v) is 9.99. The Hall–Kier alpha value is -1.52. The van der Waals surface area contributed by atoms with E-state index in [4.69, 9.17) is 4.74 Å². The molecule has 0 bridgehead atoms. The predicted molar refractivity (Wildman–Crippen MR) is 103 cm³/mol. The van der Waals surface area contributed by atoms with E-state index in [1.165, 1.54) is 43.1 Å². The van der Waals surface area contributed by atoms with Crippen LogP contribution in [0, 0.1) is 0 Å². The molecule has 2 aromatic rings. The van der Waals surface area contributed by atoms with Crippen molar-refractivity contribution >= 4 is 10.9 Å². The molecule has 0 aliphatic carbocycles. The fourth-order valence-electron chi connectivity index (χ4n) is 4.42. The largest absolute Gasteiger partial charge is 0.494 e. The molecule has 0 saturated carbocycles. The summed E-state index contributed by atoms with van der Waals surface area (Å²) in [5, 5.41) is 4.74. The molecule has 1 atom stereocenters. The Bertz CT molecular complexity index is 690. The van der Waals surface area contributed by atoms with Crippen molar-refractivity contribution in [2.45, 2.75) is 51.1 Å². The quantitative estimate of drug-likeness (QED) is 0.810. The van der Waals surface area contributed by atoms with E-state index in [9.17, 15) is 0 Å². The van der Waals surface area contributed by atoms with Crippen molar-refractivity contribution < 1.29 is 4.74 Å². The van der Waals surface area contributed by atoms with Crippen molar-refractivity contribution in [2.24, 2.45) is 0 Å². The molecular formula is C21H31N3O. The van der Waals surface area contributed by atoms with Crippen LogP contribution in [-0.2, 0) is 0 Å². The summed E-state index contributed by atoms with van der Waals surface area (Å²) >= 11 is 0. The number of rotatable bonds is 6. The first-order valence-electron chi connectivity index (χ1n) is 9.99. The van der Waals surface area contributed by atoms with E-state index in [-0.39, 0.29) is 0 Å². The smallest absolute Gasteiger partial charge is 0.120 e. The average molecular weight is 341 g/mol. The number of aromatic nitrogens is 1. The van der Waals surface area contributed by atoms with Gasteiger partial charge in [-0.05, 0) is 82.9 Å². The molecule has 3 heterocycles. The molecule has 4 nitrogen and oxygen atoms in total. The maximum absolute atomic E-state index is 6.02. The van der Waals surface area contributed by atoms with E-state index >= 15 is 0 Å². The summed E-state index contributed by atoms with van der Waals surface area (Å²) in [4.78, 5) is 2.59. The third kappa shape index (κ3) is 3.85. The van der Waals surface area contributed by atoms with Gasteiger partial charge in [0.15, 0.2) is 0 Å². The molecule has 136 valence electrons. The van der Waals surface area contributed by atoms with Gasteiger partial charge in [-0.3, -0.25) is 0 Å². The van der Waals surface area contributed by atoms with Crippen LogP contribution in [0.3, 0.4) is 0 Å². The fourth-order valence-corrected chi connectivity index (χ4v) is 4.42. The van der Waals surface area contributed by atoms with E-state index in [1.807, 2.05) is 0 Å².